The minimum absolute atomic E-state index is 0.0551. The van der Waals surface area contributed by atoms with Crippen molar-refractivity contribution in [1.29, 1.82) is 0 Å². The molecule has 2 amide bonds. The number of rotatable bonds is 5. The molecule has 0 aromatic heterocycles. The second-order valence-electron chi connectivity index (χ2n) is 5.83. The zero-order chi connectivity index (χ0) is 16.2. The number of carbonyl (C=O) groups is 2. The lowest BCUT2D eigenvalue weighted by Crippen LogP contribution is -2.25. The molecule has 2 aromatic rings. The summed E-state index contributed by atoms with van der Waals surface area (Å²) in [5.41, 5.74) is 3.12. The van der Waals surface area contributed by atoms with Crippen molar-refractivity contribution in [2.24, 2.45) is 0 Å². The monoisotopic (exact) mass is 308 g/mol. The van der Waals surface area contributed by atoms with E-state index in [1.54, 1.807) is 24.3 Å². The molecule has 0 radical (unpaired) electrons. The molecule has 4 heteroatoms. The SMILES string of the molecule is CCc1ccc(C(=O)Nc2ccc(C(=O)NC3CC3)cc2)cc1. The fourth-order valence-corrected chi connectivity index (χ4v) is 2.30. The average molecular weight is 308 g/mol. The van der Waals surface area contributed by atoms with E-state index in [0.717, 1.165) is 19.3 Å². The van der Waals surface area contributed by atoms with Crippen molar-refractivity contribution in [3.63, 3.8) is 0 Å². The van der Waals surface area contributed by atoms with Crippen LogP contribution in [-0.4, -0.2) is 17.9 Å². The lowest BCUT2D eigenvalue weighted by molar-refractivity contribution is 0.0950. The van der Waals surface area contributed by atoms with Crippen molar-refractivity contribution in [2.45, 2.75) is 32.2 Å². The Morgan fingerprint density at radius 1 is 0.913 bits per heavy atom. The van der Waals surface area contributed by atoms with Crippen LogP contribution in [-0.2, 0) is 6.42 Å². The van der Waals surface area contributed by atoms with Gasteiger partial charge in [-0.1, -0.05) is 19.1 Å². The first-order valence-electron chi connectivity index (χ1n) is 7.97. The summed E-state index contributed by atoms with van der Waals surface area (Å²) < 4.78 is 0. The highest BCUT2D eigenvalue weighted by atomic mass is 16.2. The largest absolute Gasteiger partial charge is 0.349 e. The Morgan fingerprint density at radius 2 is 1.48 bits per heavy atom. The van der Waals surface area contributed by atoms with E-state index in [9.17, 15) is 9.59 Å². The maximum atomic E-state index is 12.2. The smallest absolute Gasteiger partial charge is 0.255 e. The van der Waals surface area contributed by atoms with Gasteiger partial charge >= 0.3 is 0 Å². The van der Waals surface area contributed by atoms with Gasteiger partial charge in [-0.2, -0.15) is 0 Å². The van der Waals surface area contributed by atoms with Crippen molar-refractivity contribution >= 4 is 17.5 Å². The summed E-state index contributed by atoms with van der Waals surface area (Å²) in [5, 5.41) is 5.79. The number of hydrogen-bond donors (Lipinski definition) is 2. The first-order chi connectivity index (χ1) is 11.2. The van der Waals surface area contributed by atoms with Gasteiger partial charge in [0.1, 0.15) is 0 Å². The van der Waals surface area contributed by atoms with Gasteiger partial charge in [-0.3, -0.25) is 9.59 Å². The van der Waals surface area contributed by atoms with E-state index < -0.39 is 0 Å². The lowest BCUT2D eigenvalue weighted by atomic mass is 10.1. The molecular weight excluding hydrogens is 288 g/mol. The predicted octanol–water partition coefficient (Wildman–Crippen LogP) is 3.39. The molecule has 0 atom stereocenters. The van der Waals surface area contributed by atoms with E-state index in [2.05, 4.69) is 17.6 Å². The van der Waals surface area contributed by atoms with Gasteiger partial charge in [0, 0.05) is 22.9 Å². The fourth-order valence-electron chi connectivity index (χ4n) is 2.30. The van der Waals surface area contributed by atoms with Crippen LogP contribution in [0.4, 0.5) is 5.69 Å². The van der Waals surface area contributed by atoms with Crippen LogP contribution < -0.4 is 10.6 Å². The quantitative estimate of drug-likeness (QED) is 0.889. The van der Waals surface area contributed by atoms with Gasteiger partial charge < -0.3 is 10.6 Å². The highest BCUT2D eigenvalue weighted by Crippen LogP contribution is 2.20. The van der Waals surface area contributed by atoms with Crippen molar-refractivity contribution in [1.82, 2.24) is 5.32 Å². The second kappa shape index (κ2) is 6.65. The zero-order valence-corrected chi connectivity index (χ0v) is 13.1. The molecule has 3 rings (SSSR count). The molecule has 0 bridgehead atoms. The third-order valence-electron chi connectivity index (χ3n) is 3.94. The molecule has 1 aliphatic rings. The number of aryl methyl sites for hydroxylation is 1. The average Bonchev–Trinajstić information content (AvgIpc) is 3.39. The summed E-state index contributed by atoms with van der Waals surface area (Å²) in [6.07, 6.45) is 3.08. The topological polar surface area (TPSA) is 58.2 Å². The maximum absolute atomic E-state index is 12.2. The molecule has 23 heavy (non-hydrogen) atoms. The van der Waals surface area contributed by atoms with Gasteiger partial charge in [-0.05, 0) is 61.2 Å². The van der Waals surface area contributed by atoms with Gasteiger partial charge in [0.05, 0.1) is 0 Å². The standard InChI is InChI=1S/C19H20N2O2/c1-2-13-3-5-14(6-4-13)18(22)20-16-9-7-15(8-10-16)19(23)21-17-11-12-17/h3-10,17H,2,11-12H2,1H3,(H,20,22)(H,21,23). The van der Waals surface area contributed by atoms with Gasteiger partial charge in [-0.25, -0.2) is 0 Å². The van der Waals surface area contributed by atoms with E-state index in [0.29, 0.717) is 22.9 Å². The Hall–Kier alpha value is -2.62. The Balaban J connectivity index is 1.62. The van der Waals surface area contributed by atoms with Gasteiger partial charge in [0.15, 0.2) is 0 Å². The molecule has 0 unspecified atom stereocenters. The number of anilines is 1. The molecule has 1 saturated carbocycles. The molecule has 1 aliphatic carbocycles. The van der Waals surface area contributed by atoms with Crippen molar-refractivity contribution in [3.8, 4) is 0 Å². The molecule has 0 spiro atoms. The van der Waals surface area contributed by atoms with E-state index in [1.165, 1.54) is 5.56 Å². The predicted molar refractivity (Wildman–Crippen MR) is 90.7 cm³/mol. The number of benzene rings is 2. The van der Waals surface area contributed by atoms with Crippen LogP contribution in [0, 0.1) is 0 Å². The molecule has 0 heterocycles. The molecular formula is C19H20N2O2. The van der Waals surface area contributed by atoms with E-state index in [1.807, 2.05) is 24.3 Å². The molecule has 0 aliphatic heterocycles. The third-order valence-corrected chi connectivity index (χ3v) is 3.94. The van der Waals surface area contributed by atoms with E-state index >= 15 is 0 Å². The molecule has 2 aromatic carbocycles. The van der Waals surface area contributed by atoms with Crippen LogP contribution in [0.15, 0.2) is 48.5 Å². The molecule has 4 nitrogen and oxygen atoms in total. The minimum Gasteiger partial charge on any atom is -0.349 e. The summed E-state index contributed by atoms with van der Waals surface area (Å²) >= 11 is 0. The Labute approximate surface area is 135 Å². The van der Waals surface area contributed by atoms with Gasteiger partial charge in [-0.15, -0.1) is 0 Å². The maximum Gasteiger partial charge on any atom is 0.255 e. The zero-order valence-electron chi connectivity index (χ0n) is 13.1. The summed E-state index contributed by atoms with van der Waals surface area (Å²) in [4.78, 5) is 24.1. The van der Waals surface area contributed by atoms with Crippen molar-refractivity contribution in [2.75, 3.05) is 5.32 Å². The van der Waals surface area contributed by atoms with Crippen molar-refractivity contribution < 1.29 is 9.59 Å². The summed E-state index contributed by atoms with van der Waals surface area (Å²) in [6.45, 7) is 2.08. The van der Waals surface area contributed by atoms with Gasteiger partial charge in [0.2, 0.25) is 0 Å². The van der Waals surface area contributed by atoms with Gasteiger partial charge in [0.25, 0.3) is 11.8 Å². The lowest BCUT2D eigenvalue weighted by Gasteiger charge is -2.07. The van der Waals surface area contributed by atoms with Crippen LogP contribution in [0.1, 0.15) is 46.0 Å². The Morgan fingerprint density at radius 3 is 2.04 bits per heavy atom. The Kier molecular flexibility index (Phi) is 4.42. The van der Waals surface area contributed by atoms with Crippen LogP contribution in [0.2, 0.25) is 0 Å². The highest BCUT2D eigenvalue weighted by Gasteiger charge is 2.23. The summed E-state index contributed by atoms with van der Waals surface area (Å²) in [6, 6.07) is 14.9. The molecule has 1 fully saturated rings. The fraction of sp³-hybridized carbons (Fsp3) is 0.263. The summed E-state index contributed by atoms with van der Waals surface area (Å²) in [7, 11) is 0. The molecule has 2 N–H and O–H groups in total. The first-order valence-corrected chi connectivity index (χ1v) is 7.97. The second-order valence-corrected chi connectivity index (χ2v) is 5.83. The van der Waals surface area contributed by atoms with E-state index in [4.69, 9.17) is 0 Å². The summed E-state index contributed by atoms with van der Waals surface area (Å²) in [5.74, 6) is -0.205. The van der Waals surface area contributed by atoms with E-state index in [-0.39, 0.29) is 11.8 Å². The number of carbonyl (C=O) groups excluding carboxylic acids is 2. The first kappa shape index (κ1) is 15.3. The highest BCUT2D eigenvalue weighted by molar-refractivity contribution is 6.04. The van der Waals surface area contributed by atoms with Crippen LogP contribution >= 0.6 is 0 Å². The minimum atomic E-state index is -0.150. The van der Waals surface area contributed by atoms with Crippen LogP contribution in [0.3, 0.4) is 0 Å². The van der Waals surface area contributed by atoms with Crippen molar-refractivity contribution in [3.05, 3.63) is 65.2 Å². The molecule has 0 saturated heterocycles. The number of amides is 2. The number of hydrogen-bond acceptors (Lipinski definition) is 2. The van der Waals surface area contributed by atoms with Crippen LogP contribution in [0.5, 0.6) is 0 Å². The van der Waals surface area contributed by atoms with Crippen LogP contribution in [0.25, 0.3) is 0 Å². The third kappa shape index (κ3) is 3.97. The number of nitrogens with one attached hydrogen (secondary N) is 2. The molecule has 118 valence electrons. The normalized spacial score (nSPS) is 13.4. The Bertz CT molecular complexity index is 701.